The molecule has 3 amide bonds. The number of halogens is 1. The van der Waals surface area contributed by atoms with Crippen molar-refractivity contribution in [1.29, 1.82) is 10.5 Å². The lowest BCUT2D eigenvalue weighted by Gasteiger charge is -2.35. The van der Waals surface area contributed by atoms with E-state index in [2.05, 4.69) is 206 Å². The van der Waals surface area contributed by atoms with Crippen LogP contribution in [0.15, 0.2) is 195 Å². The molecule has 9 aromatic heterocycles. The third-order valence-corrected chi connectivity index (χ3v) is 29.1. The molecule has 2 unspecified atom stereocenters. The summed E-state index contributed by atoms with van der Waals surface area (Å²) >= 11 is 4.30. The first kappa shape index (κ1) is 96.2. The van der Waals surface area contributed by atoms with Crippen molar-refractivity contribution in [3.8, 4) is 67.8 Å². The number of rotatable bonds is 20. The third kappa shape index (κ3) is 24.1. The van der Waals surface area contributed by atoms with E-state index in [9.17, 15) is 29.3 Å². The molecule has 0 spiro atoms. The molecule has 714 valence electrons. The van der Waals surface area contributed by atoms with Crippen LogP contribution < -0.4 is 17.2 Å². The number of morpholine rings is 3. The molecule has 139 heavy (non-hydrogen) atoms. The van der Waals surface area contributed by atoms with E-state index >= 15 is 0 Å². The summed E-state index contributed by atoms with van der Waals surface area (Å²) in [4.78, 5) is 70.3. The summed E-state index contributed by atoms with van der Waals surface area (Å²) in [5.41, 5.74) is 37.5. The van der Waals surface area contributed by atoms with Gasteiger partial charge in [-0.2, -0.15) is 54.4 Å². The molecule has 5 aliphatic heterocycles. The number of aryl methyl sites for hydroxylation is 4. The number of hydrogen-bond donors (Lipinski definition) is 3. The van der Waals surface area contributed by atoms with Crippen LogP contribution in [0.25, 0.3) is 110 Å². The van der Waals surface area contributed by atoms with Gasteiger partial charge in [-0.05, 0) is 199 Å². The fourth-order valence-corrected chi connectivity index (χ4v) is 22.6. The minimum atomic E-state index is -0.584. The summed E-state index contributed by atoms with van der Waals surface area (Å²) in [6.07, 6.45) is 21.6. The SMILES string of the molecule is C[C@@H]1CN(Cc2ccc3c(-c4cnn(C)c4)cc(C#N)nc3c2)C[C@H](C)O1.C[C@@H]1CN(Cc2ccc3c(-c4cnn(C)c4)cc(C(N)=O)nc3c2)C[C@H](C)O1.Cn1cc(-c2cc(C#N)nc3cc(CN4CCSC(C5CC5)C4)ccc23)cn1.Cn1cc(-c2cc(C(N)=O)nc3cc(CN4CCSC(C5CC5)C4)ccc23)cn1.NC(=O)c1cc(-c2ccc(F)cc2)c2ccc(CN3CCOCC3)cc2n1. The molecule has 0 bridgehead atoms. The van der Waals surface area contributed by atoms with Gasteiger partial charge in [0.1, 0.15) is 46.4 Å². The average Bonchev–Trinajstić information content (AvgIpc) is 1.71. The van der Waals surface area contributed by atoms with Gasteiger partial charge < -0.3 is 31.4 Å². The molecular weight excluding hydrogens is 1790 g/mol. The van der Waals surface area contributed by atoms with E-state index in [0.717, 1.165) is 236 Å². The van der Waals surface area contributed by atoms with E-state index in [4.69, 9.17) is 31.4 Å². The molecular formula is C107H116FN23O6S2. The van der Waals surface area contributed by atoms with E-state index < -0.39 is 17.7 Å². The Hall–Kier alpha value is -13.1. The maximum absolute atomic E-state index is 13.3. The lowest BCUT2D eigenvalue weighted by molar-refractivity contribution is -0.0707. The number of thioether (sulfide) groups is 2. The van der Waals surface area contributed by atoms with E-state index in [-0.39, 0.29) is 47.3 Å². The highest BCUT2D eigenvalue weighted by Crippen LogP contribution is 2.44. The molecule has 0 radical (unpaired) electrons. The first-order valence-corrected chi connectivity index (χ1v) is 49.7. The van der Waals surface area contributed by atoms with Gasteiger partial charge in [-0.25, -0.2) is 29.3 Å². The molecule has 15 aromatic rings. The number of carbonyl (C=O) groups is 3. The number of carbonyl (C=O) groups excluding carboxylic acids is 3. The monoisotopic (exact) mass is 1900 g/mol. The van der Waals surface area contributed by atoms with Gasteiger partial charge in [-0.15, -0.1) is 0 Å². The molecule has 6 aromatic carbocycles. The van der Waals surface area contributed by atoms with Crippen LogP contribution in [0.4, 0.5) is 4.39 Å². The number of nitrogens with two attached hydrogens (primary N) is 3. The molecule has 6 atom stereocenters. The predicted octanol–water partition coefficient (Wildman–Crippen LogP) is 15.3. The lowest BCUT2D eigenvalue weighted by Crippen LogP contribution is -2.44. The van der Waals surface area contributed by atoms with Gasteiger partial charge in [0.2, 0.25) is 0 Å². The van der Waals surface area contributed by atoms with Crippen LogP contribution >= 0.6 is 23.5 Å². The van der Waals surface area contributed by atoms with E-state index in [0.29, 0.717) is 16.9 Å². The fourth-order valence-electron chi connectivity index (χ4n) is 19.6. The zero-order valence-corrected chi connectivity index (χ0v) is 81.3. The quantitative estimate of drug-likeness (QED) is 0.0638. The number of benzene rings is 6. The first-order valence-electron chi connectivity index (χ1n) is 47.6. The number of pyridine rings is 5. The van der Waals surface area contributed by atoms with Gasteiger partial charge in [-0.1, -0.05) is 72.8 Å². The topological polar surface area (TPSA) is 356 Å². The van der Waals surface area contributed by atoms with Crippen LogP contribution in [0, 0.1) is 40.3 Å². The van der Waals surface area contributed by atoms with Crippen LogP contribution in [0.3, 0.4) is 0 Å². The minimum absolute atomic E-state index is 0.199. The number of aromatic nitrogens is 13. The van der Waals surface area contributed by atoms with Gasteiger partial charge >= 0.3 is 0 Å². The highest BCUT2D eigenvalue weighted by atomic mass is 32.2. The van der Waals surface area contributed by atoms with Gasteiger partial charge in [0.05, 0.1) is 90.0 Å². The van der Waals surface area contributed by atoms with Crippen molar-refractivity contribution in [2.75, 3.05) is 90.2 Å². The van der Waals surface area contributed by atoms with Crippen molar-refractivity contribution < 1.29 is 33.0 Å². The van der Waals surface area contributed by atoms with Gasteiger partial charge in [0, 0.05) is 222 Å². The second kappa shape index (κ2) is 43.1. The molecule has 7 fully saturated rings. The summed E-state index contributed by atoms with van der Waals surface area (Å²) in [6, 6.07) is 51.0. The Labute approximate surface area is 816 Å². The number of nitrogens with zero attached hydrogens (tertiary/aromatic N) is 20. The summed E-state index contributed by atoms with van der Waals surface area (Å²) in [7, 11) is 7.54. The number of amides is 3. The Balaban J connectivity index is 0.000000115. The standard InChI is InChI=1S/C22H25N5OS.C22H23N5S.C21H20FN3O2.C21H25N5O2.C21H23N5O/c1-26-12-16(10-24-26)18-9-20(22(23)28)25-19-8-14(2-5-17(18)19)11-27-6-7-29-21(13-27)15-3-4-15;1-26-13-17(11-24-26)20-9-18(10-23)25-21-8-15(2-5-19(20)21)12-27-6-7-28-22(14-27)16-3-4-16;22-16-4-2-15(3-5-16)18-12-20(21(23)26)24-19-11-14(1-6-17(18)19)13-25-7-9-27-10-8-25;1-13-9-26(10-14(2)28-13)11-15-4-5-17-18(16-8-23-25(3)12-16)7-20(21(22)27)24-19(17)6-15;1-14-10-26(11-15(2)27-14)12-16-4-5-19-20(17-9-23-25(3)13-17)7-18(8-22)24-21(19)6-16/h2,5,8-10,12,15,21H,3-4,6-7,11,13H2,1H3,(H2,23,28);2,5,8-9,11,13,16,22H,3-4,6-7,12,14H2,1H3;1-6,11-12H,7-10,13H2,(H2,23,26);4-8,12-14H,9-11H2,1-3H3,(H2,22,27);4-7,9,13-15H,10-12H2,1-3H3/t;;;13-,14+;14-,15+. The van der Waals surface area contributed by atoms with E-state index in [1.807, 2.05) is 95.7 Å². The highest BCUT2D eigenvalue weighted by Gasteiger charge is 2.37. The second-order valence-electron chi connectivity index (χ2n) is 37.7. The Bertz CT molecular complexity index is 7100. The van der Waals surface area contributed by atoms with Crippen molar-refractivity contribution >= 4 is 95.8 Å². The van der Waals surface area contributed by atoms with Crippen LogP contribution in [0.5, 0.6) is 0 Å². The van der Waals surface area contributed by atoms with Crippen LogP contribution in [0.2, 0.25) is 0 Å². The molecule has 29 nitrogen and oxygen atoms in total. The Morgan fingerprint density at radius 3 is 0.964 bits per heavy atom. The van der Waals surface area contributed by atoms with Crippen molar-refractivity contribution in [1.82, 2.24) is 88.5 Å². The molecule has 32 heteroatoms. The maximum Gasteiger partial charge on any atom is 0.267 e. The molecule has 2 saturated carbocycles. The number of fused-ring (bicyclic) bond motifs is 5. The highest BCUT2D eigenvalue weighted by molar-refractivity contribution is 8.00. The van der Waals surface area contributed by atoms with Gasteiger partial charge in [-0.3, -0.25) is 57.6 Å². The van der Waals surface area contributed by atoms with Gasteiger partial charge in [0.25, 0.3) is 17.7 Å². The average molecular weight is 1900 g/mol. The molecule has 2 aliphatic carbocycles. The predicted molar refractivity (Wildman–Crippen MR) is 543 cm³/mol. The summed E-state index contributed by atoms with van der Waals surface area (Å²) in [5.74, 6) is 2.39. The van der Waals surface area contributed by atoms with Crippen molar-refractivity contribution in [2.24, 2.45) is 57.2 Å². The lowest BCUT2D eigenvalue weighted by atomic mass is 9.98. The van der Waals surface area contributed by atoms with Crippen LogP contribution in [-0.4, -0.2) is 231 Å². The Morgan fingerprint density at radius 1 is 0.374 bits per heavy atom. The number of primary amides is 3. The zero-order valence-electron chi connectivity index (χ0n) is 79.7. The minimum Gasteiger partial charge on any atom is -0.379 e. The summed E-state index contributed by atoms with van der Waals surface area (Å²) in [5, 5.41) is 42.5. The number of nitriles is 2. The second-order valence-corrected chi connectivity index (χ2v) is 40.4. The number of ether oxygens (including phenoxy) is 3. The largest absolute Gasteiger partial charge is 0.379 e. The molecule has 14 heterocycles. The summed E-state index contributed by atoms with van der Waals surface area (Å²) < 4.78 is 37.4. The zero-order chi connectivity index (χ0) is 96.6. The van der Waals surface area contributed by atoms with Crippen LogP contribution in [-0.2, 0) is 75.1 Å². The smallest absolute Gasteiger partial charge is 0.267 e. The van der Waals surface area contributed by atoms with E-state index in [1.165, 1.54) is 79.1 Å². The Morgan fingerprint density at radius 2 is 0.669 bits per heavy atom. The van der Waals surface area contributed by atoms with Crippen molar-refractivity contribution in [3.05, 3.63) is 257 Å². The molecule has 22 rings (SSSR count). The normalized spacial score (nSPS) is 19.4. The Kier molecular flexibility index (Phi) is 29.8. The van der Waals surface area contributed by atoms with Gasteiger partial charge in [0.15, 0.2) is 0 Å². The first-order chi connectivity index (χ1) is 67.2. The number of hydrogen-bond acceptors (Lipinski definition) is 24. The molecule has 7 aliphatic rings. The van der Waals surface area contributed by atoms with Crippen LogP contribution in [0.1, 0.15) is 124 Å². The van der Waals surface area contributed by atoms with Crippen molar-refractivity contribution in [2.45, 2.75) is 121 Å². The maximum atomic E-state index is 13.3. The fraction of sp³-hybridized carbons (Fsp3) is 0.364. The molecule has 6 N–H and O–H groups in total. The third-order valence-electron chi connectivity index (χ3n) is 26.4. The summed E-state index contributed by atoms with van der Waals surface area (Å²) in [6.45, 7) is 24.4. The van der Waals surface area contributed by atoms with Crippen molar-refractivity contribution in [3.63, 3.8) is 0 Å². The molecule has 5 saturated heterocycles. The van der Waals surface area contributed by atoms with E-state index in [1.54, 1.807) is 61.5 Å².